The summed E-state index contributed by atoms with van der Waals surface area (Å²) in [5.41, 5.74) is 6.62. The fourth-order valence-corrected chi connectivity index (χ4v) is 2.46. The molecule has 110 valence electrons. The number of rotatable bonds is 7. The molecule has 0 saturated heterocycles. The second kappa shape index (κ2) is 6.76. The lowest BCUT2D eigenvalue weighted by molar-refractivity contribution is 0.0182. The molecule has 0 fully saturated rings. The van der Waals surface area contributed by atoms with E-state index < -0.39 is 13.0 Å². The highest BCUT2D eigenvalue weighted by Crippen LogP contribution is 2.33. The minimum absolute atomic E-state index is 0.128. The topological polar surface area (TPSA) is 74.2 Å². The van der Waals surface area contributed by atoms with E-state index in [0.29, 0.717) is 23.1 Å². The first-order chi connectivity index (χ1) is 9.60. The number of thiophene rings is 1. The minimum Gasteiger partial charge on any atom is -0.390 e. The first kappa shape index (κ1) is 14.9. The summed E-state index contributed by atoms with van der Waals surface area (Å²) in [4.78, 5) is 5.32. The van der Waals surface area contributed by atoms with Crippen LogP contribution in [0.3, 0.4) is 0 Å². The van der Waals surface area contributed by atoms with Gasteiger partial charge in [-0.3, -0.25) is 0 Å². The molecule has 0 spiro atoms. The highest BCUT2D eigenvalue weighted by atomic mass is 32.1. The molecule has 5 nitrogen and oxygen atoms in total. The average molecular weight is 303 g/mol. The number of halogens is 2. The molecule has 0 aromatic carbocycles. The SMILES string of the molecule is CCc1cc(-c2nc(CCOCC(F)F)no2)c(N)s1. The predicted octanol–water partition coefficient (Wildman–Crippen LogP) is 2.77. The maximum atomic E-state index is 11.9. The van der Waals surface area contributed by atoms with E-state index in [0.717, 1.165) is 16.9 Å². The van der Waals surface area contributed by atoms with Crippen LogP contribution < -0.4 is 5.73 Å². The van der Waals surface area contributed by atoms with Gasteiger partial charge >= 0.3 is 0 Å². The number of nitrogens with two attached hydrogens (primary N) is 1. The van der Waals surface area contributed by atoms with Crippen LogP contribution in [0.1, 0.15) is 17.6 Å². The molecule has 0 amide bonds. The van der Waals surface area contributed by atoms with Crippen molar-refractivity contribution in [3.8, 4) is 11.5 Å². The molecule has 0 bridgehead atoms. The number of nitrogen functional groups attached to an aromatic ring is 1. The van der Waals surface area contributed by atoms with Crippen LogP contribution in [0.25, 0.3) is 11.5 Å². The van der Waals surface area contributed by atoms with Crippen LogP contribution in [0.5, 0.6) is 0 Å². The largest absolute Gasteiger partial charge is 0.390 e. The maximum Gasteiger partial charge on any atom is 0.261 e. The van der Waals surface area contributed by atoms with Crippen molar-refractivity contribution in [2.45, 2.75) is 26.2 Å². The third-order valence-electron chi connectivity index (χ3n) is 2.57. The lowest BCUT2D eigenvalue weighted by Crippen LogP contribution is -2.07. The first-order valence-electron chi connectivity index (χ1n) is 6.17. The number of ether oxygens (including phenoxy) is 1. The Hall–Kier alpha value is -1.54. The minimum atomic E-state index is -2.46. The van der Waals surface area contributed by atoms with Crippen LogP contribution >= 0.6 is 11.3 Å². The summed E-state index contributed by atoms with van der Waals surface area (Å²) in [6.07, 6.45) is -1.26. The van der Waals surface area contributed by atoms with Gasteiger partial charge in [-0.25, -0.2) is 8.78 Å². The van der Waals surface area contributed by atoms with E-state index in [1.807, 2.05) is 13.0 Å². The van der Waals surface area contributed by atoms with Crippen molar-refractivity contribution in [3.05, 3.63) is 16.8 Å². The van der Waals surface area contributed by atoms with Gasteiger partial charge in [0, 0.05) is 11.3 Å². The molecule has 2 aromatic rings. The van der Waals surface area contributed by atoms with Gasteiger partial charge in [-0.1, -0.05) is 12.1 Å². The van der Waals surface area contributed by atoms with Gasteiger partial charge in [-0.05, 0) is 12.5 Å². The fourth-order valence-electron chi connectivity index (χ4n) is 1.60. The number of hydrogen-bond acceptors (Lipinski definition) is 6. The lowest BCUT2D eigenvalue weighted by atomic mass is 10.2. The van der Waals surface area contributed by atoms with Gasteiger partial charge in [-0.15, -0.1) is 11.3 Å². The molecule has 0 aliphatic rings. The van der Waals surface area contributed by atoms with Crippen molar-refractivity contribution < 1.29 is 18.0 Å². The fraction of sp³-hybridized carbons (Fsp3) is 0.500. The van der Waals surface area contributed by atoms with E-state index in [9.17, 15) is 8.78 Å². The molecular formula is C12H15F2N3O2S. The maximum absolute atomic E-state index is 11.9. The smallest absolute Gasteiger partial charge is 0.261 e. The Balaban J connectivity index is 1.96. The standard InChI is InChI=1S/C12H15F2N3O2S/c1-2-7-5-8(11(15)20-7)12-16-10(17-19-12)3-4-18-6-9(13)14/h5,9H,2-4,6,15H2,1H3. The zero-order valence-electron chi connectivity index (χ0n) is 10.9. The molecule has 2 N–H and O–H groups in total. The predicted molar refractivity (Wildman–Crippen MR) is 71.9 cm³/mol. The summed E-state index contributed by atoms with van der Waals surface area (Å²) >= 11 is 1.49. The summed E-state index contributed by atoms with van der Waals surface area (Å²) in [6.45, 7) is 1.58. The third kappa shape index (κ3) is 3.73. The van der Waals surface area contributed by atoms with Gasteiger partial charge in [0.15, 0.2) is 5.82 Å². The molecule has 2 rings (SSSR count). The Bertz CT molecular complexity index is 557. The zero-order chi connectivity index (χ0) is 14.5. The molecular weight excluding hydrogens is 288 g/mol. The Morgan fingerprint density at radius 2 is 2.30 bits per heavy atom. The van der Waals surface area contributed by atoms with Gasteiger partial charge < -0.3 is 15.0 Å². The molecule has 0 aliphatic carbocycles. The first-order valence-corrected chi connectivity index (χ1v) is 6.98. The summed E-state index contributed by atoms with van der Waals surface area (Å²) in [5, 5.41) is 4.41. The highest BCUT2D eigenvalue weighted by molar-refractivity contribution is 7.16. The van der Waals surface area contributed by atoms with Crippen molar-refractivity contribution in [1.82, 2.24) is 10.1 Å². The van der Waals surface area contributed by atoms with E-state index in [4.69, 9.17) is 15.0 Å². The summed E-state index contributed by atoms with van der Waals surface area (Å²) in [7, 11) is 0. The van der Waals surface area contributed by atoms with Crippen molar-refractivity contribution in [2.75, 3.05) is 18.9 Å². The molecule has 2 aromatic heterocycles. The van der Waals surface area contributed by atoms with E-state index in [-0.39, 0.29) is 6.61 Å². The summed E-state index contributed by atoms with van der Waals surface area (Å²) < 4.78 is 33.7. The lowest BCUT2D eigenvalue weighted by Gasteiger charge is -1.99. The van der Waals surface area contributed by atoms with Crippen LogP contribution in [-0.2, 0) is 17.6 Å². The van der Waals surface area contributed by atoms with Gasteiger partial charge in [-0.2, -0.15) is 4.98 Å². The van der Waals surface area contributed by atoms with E-state index in [2.05, 4.69) is 10.1 Å². The highest BCUT2D eigenvalue weighted by Gasteiger charge is 2.15. The molecule has 8 heteroatoms. The number of anilines is 1. The van der Waals surface area contributed by atoms with Gasteiger partial charge in [0.05, 0.1) is 17.2 Å². The van der Waals surface area contributed by atoms with Crippen LogP contribution in [0.15, 0.2) is 10.6 Å². The third-order valence-corrected chi connectivity index (χ3v) is 3.68. The van der Waals surface area contributed by atoms with Crippen molar-refractivity contribution in [2.24, 2.45) is 0 Å². The molecule has 2 heterocycles. The van der Waals surface area contributed by atoms with Crippen LogP contribution in [0.4, 0.5) is 13.8 Å². The zero-order valence-corrected chi connectivity index (χ0v) is 11.8. The van der Waals surface area contributed by atoms with Crippen molar-refractivity contribution >= 4 is 16.3 Å². The Morgan fingerprint density at radius 3 is 2.95 bits per heavy atom. The van der Waals surface area contributed by atoms with Crippen molar-refractivity contribution in [3.63, 3.8) is 0 Å². The summed E-state index contributed by atoms with van der Waals surface area (Å²) in [6, 6.07) is 1.92. The summed E-state index contributed by atoms with van der Waals surface area (Å²) in [5.74, 6) is 0.764. The van der Waals surface area contributed by atoms with Crippen LogP contribution in [0.2, 0.25) is 0 Å². The quantitative estimate of drug-likeness (QED) is 0.796. The van der Waals surface area contributed by atoms with E-state index in [1.54, 1.807) is 0 Å². The van der Waals surface area contributed by atoms with Crippen molar-refractivity contribution in [1.29, 1.82) is 0 Å². The van der Waals surface area contributed by atoms with Gasteiger partial charge in [0.25, 0.3) is 12.3 Å². The Labute approximate surface area is 118 Å². The van der Waals surface area contributed by atoms with E-state index >= 15 is 0 Å². The Kier molecular flexibility index (Phi) is 5.02. The van der Waals surface area contributed by atoms with E-state index in [1.165, 1.54) is 11.3 Å². The van der Waals surface area contributed by atoms with Gasteiger partial charge in [0.2, 0.25) is 0 Å². The normalized spacial score (nSPS) is 11.4. The number of nitrogens with zero attached hydrogens (tertiary/aromatic N) is 2. The molecule has 0 unspecified atom stereocenters. The molecule has 0 aliphatic heterocycles. The number of alkyl halides is 2. The van der Waals surface area contributed by atoms with Gasteiger partial charge in [0.1, 0.15) is 6.61 Å². The monoisotopic (exact) mass is 303 g/mol. The second-order valence-electron chi connectivity index (χ2n) is 4.08. The second-order valence-corrected chi connectivity index (χ2v) is 5.24. The molecule has 0 radical (unpaired) electrons. The molecule has 0 atom stereocenters. The van der Waals surface area contributed by atoms with Crippen LogP contribution in [0, 0.1) is 0 Å². The Morgan fingerprint density at radius 1 is 1.50 bits per heavy atom. The molecule has 0 saturated carbocycles. The number of aromatic nitrogens is 2. The number of hydrogen-bond donors (Lipinski definition) is 1. The van der Waals surface area contributed by atoms with Crippen LogP contribution in [-0.4, -0.2) is 29.8 Å². The number of aryl methyl sites for hydroxylation is 1. The average Bonchev–Trinajstić information content (AvgIpc) is 3.00. The molecule has 20 heavy (non-hydrogen) atoms.